The molecule has 1 saturated heterocycles. The first-order chi connectivity index (χ1) is 15.9. The van der Waals surface area contributed by atoms with Gasteiger partial charge in [0.15, 0.2) is 5.58 Å². The Labute approximate surface area is 191 Å². The van der Waals surface area contributed by atoms with Crippen LogP contribution in [-0.4, -0.2) is 42.9 Å². The molecule has 2 aromatic carbocycles. The summed E-state index contributed by atoms with van der Waals surface area (Å²) in [6, 6.07) is 11.9. The maximum absolute atomic E-state index is 12.8. The number of hydrogen-bond acceptors (Lipinski definition) is 6. The van der Waals surface area contributed by atoms with Crippen LogP contribution in [0.15, 0.2) is 56.6 Å². The van der Waals surface area contributed by atoms with Crippen molar-refractivity contribution in [2.75, 3.05) is 19.7 Å². The topological polar surface area (TPSA) is 111 Å². The molecule has 0 aliphatic carbocycles. The van der Waals surface area contributed by atoms with Gasteiger partial charge in [-0.15, -0.1) is 0 Å². The van der Waals surface area contributed by atoms with Crippen molar-refractivity contribution in [3.05, 3.63) is 58.6 Å². The smallest absolute Gasteiger partial charge is 0.419 e. The SMILES string of the molecule is O=C(CCn1c(=O)oc2cc(S(=O)(=O)N3CCCC3)ccc21)NC1CCOc2ccccc21. The largest absolute Gasteiger partial charge is 0.493 e. The van der Waals surface area contributed by atoms with Gasteiger partial charge in [0.25, 0.3) is 0 Å². The van der Waals surface area contributed by atoms with Crippen LogP contribution in [0.1, 0.15) is 37.3 Å². The van der Waals surface area contributed by atoms with Crippen molar-refractivity contribution >= 4 is 27.0 Å². The van der Waals surface area contributed by atoms with Crippen LogP contribution in [0.5, 0.6) is 5.75 Å². The molecule has 3 heterocycles. The molecule has 2 aliphatic rings. The number of carbonyl (C=O) groups excluding carboxylic acids is 1. The summed E-state index contributed by atoms with van der Waals surface area (Å²) in [6.45, 7) is 1.65. The van der Waals surface area contributed by atoms with E-state index in [4.69, 9.17) is 9.15 Å². The minimum absolute atomic E-state index is 0.0852. The quantitative estimate of drug-likeness (QED) is 0.591. The fraction of sp³-hybridized carbons (Fsp3) is 0.391. The number of amides is 1. The molecule has 9 nitrogen and oxygen atoms in total. The number of fused-ring (bicyclic) bond motifs is 2. The lowest BCUT2D eigenvalue weighted by atomic mass is 10.0. The lowest BCUT2D eigenvalue weighted by molar-refractivity contribution is -0.122. The molecule has 0 bridgehead atoms. The number of benzene rings is 2. The number of hydrogen-bond donors (Lipinski definition) is 1. The lowest BCUT2D eigenvalue weighted by Gasteiger charge is -2.26. The number of sulfonamides is 1. The Hall–Kier alpha value is -3.11. The van der Waals surface area contributed by atoms with Gasteiger partial charge in [-0.1, -0.05) is 18.2 Å². The summed E-state index contributed by atoms with van der Waals surface area (Å²) in [7, 11) is -3.61. The van der Waals surface area contributed by atoms with Gasteiger partial charge >= 0.3 is 5.76 Å². The average molecular weight is 472 g/mol. The second kappa shape index (κ2) is 8.68. The third-order valence-corrected chi connectivity index (χ3v) is 8.09. The first kappa shape index (κ1) is 21.7. The maximum atomic E-state index is 12.8. The van der Waals surface area contributed by atoms with Gasteiger partial charge in [-0.2, -0.15) is 4.31 Å². The molecule has 5 rings (SSSR count). The Bertz CT molecular complexity index is 1350. The normalized spacial score (nSPS) is 18.7. The second-order valence-electron chi connectivity index (χ2n) is 8.31. The molecular weight excluding hydrogens is 446 g/mol. The standard InChI is InChI=1S/C23H25N3O6S/c27-22(24-18-10-14-31-20-6-2-1-5-17(18)20)9-13-26-19-8-7-16(15-21(19)32-23(26)28)33(29,30)25-11-3-4-12-25/h1-2,5-8,15,18H,3-4,9-14H2,(H,24,27). The highest BCUT2D eigenvalue weighted by molar-refractivity contribution is 7.89. The fourth-order valence-electron chi connectivity index (χ4n) is 4.47. The van der Waals surface area contributed by atoms with Crippen LogP contribution < -0.4 is 15.8 Å². The van der Waals surface area contributed by atoms with E-state index >= 15 is 0 Å². The zero-order valence-electron chi connectivity index (χ0n) is 18.0. The van der Waals surface area contributed by atoms with E-state index in [1.165, 1.54) is 21.0 Å². The molecule has 0 spiro atoms. The van der Waals surface area contributed by atoms with E-state index in [9.17, 15) is 18.0 Å². The predicted octanol–water partition coefficient (Wildman–Crippen LogP) is 2.41. The number of nitrogens with one attached hydrogen (secondary N) is 1. The van der Waals surface area contributed by atoms with Crippen molar-refractivity contribution in [1.82, 2.24) is 14.2 Å². The molecule has 1 unspecified atom stereocenters. The van der Waals surface area contributed by atoms with Gasteiger partial charge in [0.1, 0.15) is 5.75 Å². The van der Waals surface area contributed by atoms with Gasteiger partial charge in [0.05, 0.1) is 23.1 Å². The van der Waals surface area contributed by atoms with E-state index in [-0.39, 0.29) is 35.4 Å². The number of carbonyl (C=O) groups is 1. The molecular formula is C23H25N3O6S. The molecule has 0 saturated carbocycles. The van der Waals surface area contributed by atoms with Crippen molar-refractivity contribution in [1.29, 1.82) is 0 Å². The van der Waals surface area contributed by atoms with E-state index in [1.807, 2.05) is 24.3 Å². The number of ether oxygens (including phenoxy) is 1. The van der Waals surface area contributed by atoms with Crippen molar-refractivity contribution in [2.24, 2.45) is 0 Å². The van der Waals surface area contributed by atoms with Gasteiger partial charge < -0.3 is 14.5 Å². The van der Waals surface area contributed by atoms with Gasteiger partial charge in [-0.05, 0) is 31.0 Å². The third-order valence-electron chi connectivity index (χ3n) is 6.20. The number of aromatic nitrogens is 1. The molecule has 10 heteroatoms. The predicted molar refractivity (Wildman–Crippen MR) is 121 cm³/mol. The van der Waals surface area contributed by atoms with Gasteiger partial charge in [-0.3, -0.25) is 9.36 Å². The summed E-state index contributed by atoms with van der Waals surface area (Å²) < 4.78 is 39.3. The number of oxazole rings is 1. The average Bonchev–Trinajstić information content (AvgIpc) is 3.46. The molecule has 1 fully saturated rings. The molecule has 0 radical (unpaired) electrons. The van der Waals surface area contributed by atoms with Crippen LogP contribution in [0, 0.1) is 0 Å². The molecule has 33 heavy (non-hydrogen) atoms. The fourth-order valence-corrected chi connectivity index (χ4v) is 6.00. The van der Waals surface area contributed by atoms with E-state index < -0.39 is 15.8 Å². The van der Waals surface area contributed by atoms with Crippen LogP contribution in [0.3, 0.4) is 0 Å². The zero-order valence-corrected chi connectivity index (χ0v) is 18.8. The molecule has 1 atom stereocenters. The van der Waals surface area contributed by atoms with Crippen molar-refractivity contribution < 1.29 is 22.4 Å². The minimum Gasteiger partial charge on any atom is -0.493 e. The summed E-state index contributed by atoms with van der Waals surface area (Å²) in [5, 5.41) is 3.02. The monoisotopic (exact) mass is 471 g/mol. The Morgan fingerprint density at radius 3 is 2.73 bits per heavy atom. The van der Waals surface area contributed by atoms with E-state index in [1.54, 1.807) is 6.07 Å². The zero-order chi connectivity index (χ0) is 23.0. The summed E-state index contributed by atoms with van der Waals surface area (Å²) in [5.41, 5.74) is 1.60. The lowest BCUT2D eigenvalue weighted by Crippen LogP contribution is -2.33. The Morgan fingerprint density at radius 1 is 1.12 bits per heavy atom. The molecule has 1 amide bonds. The Morgan fingerprint density at radius 2 is 1.91 bits per heavy atom. The molecule has 1 N–H and O–H groups in total. The molecule has 2 aliphatic heterocycles. The summed E-state index contributed by atoms with van der Waals surface area (Å²) >= 11 is 0. The highest BCUT2D eigenvalue weighted by Gasteiger charge is 2.28. The summed E-state index contributed by atoms with van der Waals surface area (Å²) in [5.74, 6) is -0.0399. The first-order valence-corrected chi connectivity index (χ1v) is 12.5. The van der Waals surface area contributed by atoms with Crippen molar-refractivity contribution in [3.8, 4) is 5.75 Å². The molecule has 3 aromatic rings. The highest BCUT2D eigenvalue weighted by Crippen LogP contribution is 2.31. The maximum Gasteiger partial charge on any atom is 0.419 e. The van der Waals surface area contributed by atoms with Gasteiger partial charge in [0.2, 0.25) is 15.9 Å². The second-order valence-corrected chi connectivity index (χ2v) is 10.2. The van der Waals surface area contributed by atoms with Crippen LogP contribution in [-0.2, 0) is 21.4 Å². The van der Waals surface area contributed by atoms with Gasteiger partial charge in [0, 0.05) is 44.1 Å². The summed E-state index contributed by atoms with van der Waals surface area (Å²) in [4.78, 5) is 25.1. The number of nitrogens with zero attached hydrogens (tertiary/aromatic N) is 2. The Kier molecular flexibility index (Phi) is 5.71. The highest BCUT2D eigenvalue weighted by atomic mass is 32.2. The van der Waals surface area contributed by atoms with Crippen LogP contribution >= 0.6 is 0 Å². The van der Waals surface area contributed by atoms with Crippen LogP contribution in [0.2, 0.25) is 0 Å². The minimum atomic E-state index is -3.61. The van der Waals surface area contributed by atoms with Crippen molar-refractivity contribution in [2.45, 2.75) is 43.2 Å². The van der Waals surface area contributed by atoms with E-state index in [2.05, 4.69) is 5.32 Å². The van der Waals surface area contributed by atoms with Crippen LogP contribution in [0.25, 0.3) is 11.1 Å². The first-order valence-electron chi connectivity index (χ1n) is 11.1. The number of aryl methyl sites for hydroxylation is 1. The number of para-hydroxylation sites is 1. The number of rotatable bonds is 6. The summed E-state index contributed by atoms with van der Waals surface area (Å²) in [6.07, 6.45) is 2.44. The third kappa shape index (κ3) is 4.16. The van der Waals surface area contributed by atoms with E-state index in [0.29, 0.717) is 31.6 Å². The van der Waals surface area contributed by atoms with Crippen molar-refractivity contribution in [3.63, 3.8) is 0 Å². The van der Waals surface area contributed by atoms with Crippen LogP contribution in [0.4, 0.5) is 0 Å². The Balaban J connectivity index is 1.30. The molecule has 174 valence electrons. The van der Waals surface area contributed by atoms with E-state index in [0.717, 1.165) is 24.2 Å². The molecule has 1 aromatic heterocycles. The van der Waals surface area contributed by atoms with Gasteiger partial charge in [-0.25, -0.2) is 13.2 Å².